The van der Waals surface area contributed by atoms with E-state index in [0.29, 0.717) is 27.8 Å². The highest BCUT2D eigenvalue weighted by Gasteiger charge is 2.33. The number of thiophene rings is 1. The van der Waals surface area contributed by atoms with Crippen LogP contribution >= 0.6 is 11.3 Å². The van der Waals surface area contributed by atoms with E-state index in [9.17, 15) is 5.26 Å². The lowest BCUT2D eigenvalue weighted by atomic mass is 9.91. The fraction of sp³-hybridized carbons (Fsp3) is 0.407. The van der Waals surface area contributed by atoms with Gasteiger partial charge in [0.15, 0.2) is 5.82 Å². The fourth-order valence-electron chi connectivity index (χ4n) is 6.14. The smallest absolute Gasteiger partial charge is 0.226 e. The van der Waals surface area contributed by atoms with Crippen molar-refractivity contribution in [3.63, 3.8) is 0 Å². The van der Waals surface area contributed by atoms with Gasteiger partial charge in [-0.15, -0.1) is 0 Å². The SMILES string of the molecule is CN1CCN([C@@H]2CCN(c3ncc4c5c(c(-c6c(F)cnc7sc(N)c(C#N)c67)c(F)c4n3)COC5)C2)CC1. The number of anilines is 2. The maximum atomic E-state index is 16.6. The highest BCUT2D eigenvalue weighted by atomic mass is 32.1. The molecule has 3 aromatic heterocycles. The van der Waals surface area contributed by atoms with Crippen molar-refractivity contribution >= 4 is 43.4 Å². The van der Waals surface area contributed by atoms with Crippen molar-refractivity contribution < 1.29 is 13.5 Å². The van der Waals surface area contributed by atoms with Gasteiger partial charge in [-0.1, -0.05) is 11.3 Å². The predicted octanol–water partition coefficient (Wildman–Crippen LogP) is 3.49. The Balaban J connectivity index is 1.35. The summed E-state index contributed by atoms with van der Waals surface area (Å²) in [5.74, 6) is -0.929. The molecule has 0 aliphatic carbocycles. The standard InChI is InChI=1S/C27H26F2N8OS/c1-35-4-6-36(7-5-35)14-2-3-37(11-14)27-33-9-16-17-12-38-13-18(17)20(23(29)24(16)34-27)22-19(28)10-32-26-21(22)15(8-30)25(31)39-26/h9-10,14H,2-7,11-13,31H2,1H3/t14-/m1/s1. The third kappa shape index (κ3) is 3.83. The zero-order chi connectivity index (χ0) is 26.8. The molecular formula is C27H26F2N8OS. The first kappa shape index (κ1) is 24.5. The van der Waals surface area contributed by atoms with Crippen LogP contribution in [0, 0.1) is 23.0 Å². The van der Waals surface area contributed by atoms with Gasteiger partial charge in [0, 0.05) is 73.4 Å². The molecule has 0 unspecified atom stereocenters. The minimum absolute atomic E-state index is 0.0258. The second-order valence-corrected chi connectivity index (χ2v) is 11.4. The third-order valence-electron chi connectivity index (χ3n) is 8.25. The van der Waals surface area contributed by atoms with Gasteiger partial charge in [-0.05, 0) is 24.6 Å². The summed E-state index contributed by atoms with van der Waals surface area (Å²) in [6, 6.07) is 2.45. The van der Waals surface area contributed by atoms with Crippen LogP contribution in [0.25, 0.3) is 32.2 Å². The van der Waals surface area contributed by atoms with Crippen molar-refractivity contribution in [3.8, 4) is 17.2 Å². The van der Waals surface area contributed by atoms with Gasteiger partial charge in [0.25, 0.3) is 0 Å². The summed E-state index contributed by atoms with van der Waals surface area (Å²) in [5, 5.41) is 10.8. The van der Waals surface area contributed by atoms with E-state index in [1.165, 1.54) is 0 Å². The van der Waals surface area contributed by atoms with Gasteiger partial charge in [0.1, 0.15) is 27.2 Å². The number of benzene rings is 1. The molecule has 39 heavy (non-hydrogen) atoms. The molecule has 9 nitrogen and oxygen atoms in total. The van der Waals surface area contributed by atoms with Gasteiger partial charge in [-0.2, -0.15) is 5.26 Å². The summed E-state index contributed by atoms with van der Waals surface area (Å²) in [6.07, 6.45) is 3.70. The Morgan fingerprint density at radius 3 is 2.67 bits per heavy atom. The van der Waals surface area contributed by atoms with Crippen molar-refractivity contribution in [1.82, 2.24) is 24.8 Å². The Hall–Kier alpha value is -3.50. The second kappa shape index (κ2) is 9.31. The number of piperazine rings is 1. The van der Waals surface area contributed by atoms with Crippen LogP contribution in [0.2, 0.25) is 0 Å². The van der Waals surface area contributed by atoms with Crippen LogP contribution in [0.4, 0.5) is 19.7 Å². The van der Waals surface area contributed by atoms with Crippen LogP contribution in [0.3, 0.4) is 0 Å². The molecule has 1 aromatic carbocycles. The molecule has 7 rings (SSSR count). The second-order valence-electron chi connectivity index (χ2n) is 10.4. The number of rotatable bonds is 3. The Morgan fingerprint density at radius 1 is 1.08 bits per heavy atom. The summed E-state index contributed by atoms with van der Waals surface area (Å²) in [7, 11) is 2.14. The van der Waals surface area contributed by atoms with E-state index in [-0.39, 0.29) is 45.8 Å². The van der Waals surface area contributed by atoms with Crippen molar-refractivity contribution in [2.45, 2.75) is 25.7 Å². The van der Waals surface area contributed by atoms with Gasteiger partial charge < -0.3 is 20.3 Å². The molecule has 0 amide bonds. The van der Waals surface area contributed by atoms with Crippen molar-refractivity contribution in [2.24, 2.45) is 0 Å². The van der Waals surface area contributed by atoms with Gasteiger partial charge in [0.2, 0.25) is 5.95 Å². The van der Waals surface area contributed by atoms with Gasteiger partial charge in [0.05, 0.1) is 25.0 Å². The molecule has 2 saturated heterocycles. The molecule has 200 valence electrons. The average Bonchev–Trinajstić information content (AvgIpc) is 3.69. The van der Waals surface area contributed by atoms with E-state index in [2.05, 4.69) is 31.7 Å². The number of likely N-dealkylation sites (N-methyl/N-ethyl adjacent to an activating group) is 1. The number of aromatic nitrogens is 3. The molecule has 6 heterocycles. The normalized spacial score (nSPS) is 20.3. The number of nitrogen functional groups attached to an aromatic ring is 1. The molecule has 3 aliphatic heterocycles. The number of fused-ring (bicyclic) bond motifs is 4. The van der Waals surface area contributed by atoms with Gasteiger partial charge >= 0.3 is 0 Å². The van der Waals surface area contributed by atoms with Crippen LogP contribution in [0.15, 0.2) is 12.4 Å². The lowest BCUT2D eigenvalue weighted by Crippen LogP contribution is -2.49. The van der Waals surface area contributed by atoms with E-state index in [1.54, 1.807) is 6.20 Å². The number of nitriles is 1. The third-order valence-corrected chi connectivity index (χ3v) is 9.18. The topological polar surface area (TPSA) is 107 Å². The fourth-order valence-corrected chi connectivity index (χ4v) is 7.01. The molecule has 1 atom stereocenters. The Labute approximate surface area is 227 Å². The summed E-state index contributed by atoms with van der Waals surface area (Å²) in [4.78, 5) is 20.8. The summed E-state index contributed by atoms with van der Waals surface area (Å²) >= 11 is 1.08. The molecule has 0 spiro atoms. The molecule has 12 heteroatoms. The average molecular weight is 549 g/mol. The first-order valence-electron chi connectivity index (χ1n) is 13.0. The molecule has 0 radical (unpaired) electrons. The van der Waals surface area contributed by atoms with Crippen molar-refractivity contribution in [1.29, 1.82) is 5.26 Å². The van der Waals surface area contributed by atoms with E-state index >= 15 is 8.78 Å². The van der Waals surface area contributed by atoms with Crippen molar-refractivity contribution in [2.75, 3.05) is 56.9 Å². The van der Waals surface area contributed by atoms with E-state index in [1.807, 2.05) is 6.07 Å². The van der Waals surface area contributed by atoms with E-state index < -0.39 is 11.6 Å². The number of pyridine rings is 1. The van der Waals surface area contributed by atoms with E-state index in [0.717, 1.165) is 68.8 Å². The molecular weight excluding hydrogens is 522 g/mol. The zero-order valence-electron chi connectivity index (χ0n) is 21.4. The number of nitrogens with two attached hydrogens (primary N) is 1. The lowest BCUT2D eigenvalue weighted by Gasteiger charge is -2.36. The maximum absolute atomic E-state index is 16.6. The maximum Gasteiger partial charge on any atom is 0.226 e. The minimum Gasteiger partial charge on any atom is -0.389 e. The van der Waals surface area contributed by atoms with Crippen LogP contribution in [0.1, 0.15) is 23.1 Å². The Morgan fingerprint density at radius 2 is 1.87 bits per heavy atom. The molecule has 2 fully saturated rings. The van der Waals surface area contributed by atoms with Gasteiger partial charge in [-0.3, -0.25) is 4.90 Å². The summed E-state index contributed by atoms with van der Waals surface area (Å²) in [6.45, 7) is 6.06. The first-order chi connectivity index (χ1) is 18.9. The molecule has 3 aliphatic rings. The summed E-state index contributed by atoms with van der Waals surface area (Å²) in [5.41, 5.74) is 7.56. The van der Waals surface area contributed by atoms with Crippen LogP contribution in [-0.4, -0.2) is 77.1 Å². The molecule has 0 bridgehead atoms. The summed E-state index contributed by atoms with van der Waals surface area (Å²) < 4.78 is 37.7. The number of nitrogens with zero attached hydrogens (tertiary/aromatic N) is 7. The van der Waals surface area contributed by atoms with Crippen molar-refractivity contribution in [3.05, 3.63) is 40.7 Å². The monoisotopic (exact) mass is 548 g/mol. The molecule has 4 aromatic rings. The quantitative estimate of drug-likeness (QED) is 0.412. The number of hydrogen-bond acceptors (Lipinski definition) is 10. The lowest BCUT2D eigenvalue weighted by molar-refractivity contribution is 0.120. The number of hydrogen-bond donors (Lipinski definition) is 1. The van der Waals surface area contributed by atoms with Crippen LogP contribution in [-0.2, 0) is 18.0 Å². The Bertz CT molecular complexity index is 1680. The highest BCUT2D eigenvalue weighted by molar-refractivity contribution is 7.22. The number of ether oxygens (including phenoxy) is 1. The molecule has 2 N–H and O–H groups in total. The minimum atomic E-state index is -0.729. The van der Waals surface area contributed by atoms with Crippen LogP contribution < -0.4 is 10.6 Å². The Kier molecular flexibility index (Phi) is 5.85. The number of halogens is 2. The zero-order valence-corrected chi connectivity index (χ0v) is 22.2. The highest BCUT2D eigenvalue weighted by Crippen LogP contribution is 2.45. The van der Waals surface area contributed by atoms with E-state index in [4.69, 9.17) is 15.5 Å². The van der Waals surface area contributed by atoms with Gasteiger partial charge in [-0.25, -0.2) is 23.7 Å². The first-order valence-corrected chi connectivity index (χ1v) is 13.8. The predicted molar refractivity (Wildman–Crippen MR) is 145 cm³/mol. The van der Waals surface area contributed by atoms with Crippen LogP contribution in [0.5, 0.6) is 0 Å². The largest absolute Gasteiger partial charge is 0.389 e. The molecule has 0 saturated carbocycles.